The standard InChI is InChI=1S/C12H17N5O3/c1-8-6-10(17-12(15-8)13-7-14-17)16-9(11(18)19)4-3-5-20-2/h6-7,9,16H,3-5H2,1-2H3,(H,18,19). The zero-order chi connectivity index (χ0) is 14.5. The van der Waals surface area contributed by atoms with Crippen molar-refractivity contribution in [3.63, 3.8) is 0 Å². The molecule has 0 spiro atoms. The molecule has 8 heteroatoms. The maximum Gasteiger partial charge on any atom is 0.326 e. The molecule has 0 fully saturated rings. The van der Waals surface area contributed by atoms with Crippen LogP contribution in [0.4, 0.5) is 5.82 Å². The zero-order valence-corrected chi connectivity index (χ0v) is 11.4. The Labute approximate surface area is 115 Å². The highest BCUT2D eigenvalue weighted by Crippen LogP contribution is 2.13. The Balaban J connectivity index is 2.19. The molecule has 2 aromatic heterocycles. The van der Waals surface area contributed by atoms with Gasteiger partial charge in [-0.1, -0.05) is 0 Å². The summed E-state index contributed by atoms with van der Waals surface area (Å²) in [6.45, 7) is 2.35. The van der Waals surface area contributed by atoms with E-state index in [9.17, 15) is 9.90 Å². The summed E-state index contributed by atoms with van der Waals surface area (Å²) in [5.74, 6) is 0.0900. The van der Waals surface area contributed by atoms with E-state index >= 15 is 0 Å². The summed E-state index contributed by atoms with van der Waals surface area (Å²) in [6, 6.07) is 1.04. The van der Waals surface area contributed by atoms with Gasteiger partial charge in [-0.25, -0.2) is 9.78 Å². The molecule has 0 aliphatic carbocycles. The van der Waals surface area contributed by atoms with Crippen molar-refractivity contribution in [1.82, 2.24) is 19.6 Å². The number of nitrogens with one attached hydrogen (secondary N) is 1. The van der Waals surface area contributed by atoms with Crippen LogP contribution >= 0.6 is 0 Å². The van der Waals surface area contributed by atoms with Gasteiger partial charge in [-0.05, 0) is 19.8 Å². The van der Waals surface area contributed by atoms with Crippen LogP contribution in [0.3, 0.4) is 0 Å². The quantitative estimate of drug-likeness (QED) is 0.720. The Morgan fingerprint density at radius 3 is 3.10 bits per heavy atom. The number of aromatic nitrogens is 4. The normalized spacial score (nSPS) is 12.5. The second kappa shape index (κ2) is 6.29. The molecular formula is C12H17N5O3. The summed E-state index contributed by atoms with van der Waals surface area (Å²) in [4.78, 5) is 19.5. The number of hydrogen-bond acceptors (Lipinski definition) is 6. The van der Waals surface area contributed by atoms with Gasteiger partial charge < -0.3 is 15.2 Å². The number of aryl methyl sites for hydroxylation is 1. The third-order valence-corrected chi connectivity index (χ3v) is 2.84. The first-order valence-corrected chi connectivity index (χ1v) is 6.27. The molecule has 8 nitrogen and oxygen atoms in total. The average Bonchev–Trinajstić information content (AvgIpc) is 2.85. The smallest absolute Gasteiger partial charge is 0.326 e. The van der Waals surface area contributed by atoms with Crippen LogP contribution < -0.4 is 5.32 Å². The molecule has 2 heterocycles. The predicted molar refractivity (Wildman–Crippen MR) is 71.7 cm³/mol. The number of carboxylic acid groups (broad SMARTS) is 1. The highest BCUT2D eigenvalue weighted by molar-refractivity contribution is 5.77. The molecular weight excluding hydrogens is 262 g/mol. The van der Waals surface area contributed by atoms with Crippen molar-refractivity contribution in [2.75, 3.05) is 19.0 Å². The maximum atomic E-state index is 11.3. The Bertz CT molecular complexity index is 598. The number of methoxy groups -OCH3 is 1. The van der Waals surface area contributed by atoms with Crippen molar-refractivity contribution in [3.8, 4) is 0 Å². The Morgan fingerprint density at radius 1 is 1.60 bits per heavy atom. The molecule has 0 saturated heterocycles. The molecule has 2 rings (SSSR count). The molecule has 0 aliphatic heterocycles. The lowest BCUT2D eigenvalue weighted by Crippen LogP contribution is -2.30. The summed E-state index contributed by atoms with van der Waals surface area (Å²) in [5.41, 5.74) is 0.744. The molecule has 2 N–H and O–H groups in total. The fourth-order valence-electron chi connectivity index (χ4n) is 1.90. The van der Waals surface area contributed by atoms with Crippen LogP contribution in [-0.4, -0.2) is 50.4 Å². The molecule has 0 amide bonds. The van der Waals surface area contributed by atoms with Crippen LogP contribution in [0, 0.1) is 6.92 Å². The lowest BCUT2D eigenvalue weighted by Gasteiger charge is -2.16. The lowest BCUT2D eigenvalue weighted by molar-refractivity contribution is -0.138. The fourth-order valence-corrected chi connectivity index (χ4v) is 1.90. The predicted octanol–water partition coefficient (Wildman–Crippen LogP) is 0.724. The summed E-state index contributed by atoms with van der Waals surface area (Å²) < 4.78 is 6.43. The van der Waals surface area contributed by atoms with Gasteiger partial charge in [-0.15, -0.1) is 0 Å². The van der Waals surface area contributed by atoms with E-state index in [1.165, 1.54) is 10.8 Å². The van der Waals surface area contributed by atoms with Crippen molar-refractivity contribution in [2.45, 2.75) is 25.8 Å². The number of carbonyl (C=O) groups is 1. The van der Waals surface area contributed by atoms with Gasteiger partial charge in [-0.2, -0.15) is 14.6 Å². The number of rotatable bonds is 7. The molecule has 108 valence electrons. The minimum atomic E-state index is -0.913. The van der Waals surface area contributed by atoms with Gasteiger partial charge in [0.2, 0.25) is 0 Å². The van der Waals surface area contributed by atoms with Crippen LogP contribution in [-0.2, 0) is 9.53 Å². The molecule has 20 heavy (non-hydrogen) atoms. The van der Waals surface area contributed by atoms with Crippen molar-refractivity contribution in [1.29, 1.82) is 0 Å². The zero-order valence-electron chi connectivity index (χ0n) is 11.4. The molecule has 0 saturated carbocycles. The average molecular weight is 279 g/mol. The van der Waals surface area contributed by atoms with Gasteiger partial charge in [0.15, 0.2) is 0 Å². The number of carboxylic acids is 1. The molecule has 0 radical (unpaired) electrons. The topological polar surface area (TPSA) is 102 Å². The molecule has 0 bridgehead atoms. The second-order valence-corrected chi connectivity index (χ2v) is 4.42. The van der Waals surface area contributed by atoms with E-state index in [-0.39, 0.29) is 0 Å². The number of anilines is 1. The lowest BCUT2D eigenvalue weighted by atomic mass is 10.1. The van der Waals surface area contributed by atoms with Crippen molar-refractivity contribution >= 4 is 17.6 Å². The summed E-state index contributed by atoms with van der Waals surface area (Å²) in [5, 5.41) is 16.3. The van der Waals surface area contributed by atoms with E-state index in [2.05, 4.69) is 20.4 Å². The minimum absolute atomic E-state index is 0.438. The number of fused-ring (bicyclic) bond motifs is 1. The number of aliphatic carboxylic acids is 1. The van der Waals surface area contributed by atoms with Crippen molar-refractivity contribution < 1.29 is 14.6 Å². The van der Waals surface area contributed by atoms with Gasteiger partial charge in [-0.3, -0.25) is 0 Å². The van der Waals surface area contributed by atoms with Gasteiger partial charge >= 0.3 is 5.97 Å². The van der Waals surface area contributed by atoms with E-state index in [4.69, 9.17) is 4.74 Å². The van der Waals surface area contributed by atoms with Gasteiger partial charge in [0.1, 0.15) is 18.2 Å². The Hall–Kier alpha value is -2.22. The molecule has 2 aromatic rings. The largest absolute Gasteiger partial charge is 0.480 e. The highest BCUT2D eigenvalue weighted by Gasteiger charge is 2.18. The first-order chi connectivity index (χ1) is 9.61. The van der Waals surface area contributed by atoms with E-state index in [0.717, 1.165) is 5.69 Å². The van der Waals surface area contributed by atoms with E-state index in [1.54, 1.807) is 13.2 Å². The molecule has 1 unspecified atom stereocenters. The summed E-state index contributed by atoms with van der Waals surface area (Å²) in [7, 11) is 1.59. The van der Waals surface area contributed by atoms with Gasteiger partial charge in [0, 0.05) is 25.5 Å². The monoisotopic (exact) mass is 279 g/mol. The van der Waals surface area contributed by atoms with Crippen LogP contribution in [0.2, 0.25) is 0 Å². The second-order valence-electron chi connectivity index (χ2n) is 4.42. The molecule has 1 atom stereocenters. The summed E-state index contributed by atoms with van der Waals surface area (Å²) >= 11 is 0. The third-order valence-electron chi connectivity index (χ3n) is 2.84. The van der Waals surface area contributed by atoms with E-state index in [1.807, 2.05) is 6.92 Å². The van der Waals surface area contributed by atoms with Crippen LogP contribution in [0.25, 0.3) is 5.78 Å². The molecule has 0 aromatic carbocycles. The highest BCUT2D eigenvalue weighted by atomic mass is 16.5. The molecule has 0 aliphatic rings. The van der Waals surface area contributed by atoms with Gasteiger partial charge in [0.25, 0.3) is 5.78 Å². The third kappa shape index (κ3) is 3.21. The van der Waals surface area contributed by atoms with Crippen LogP contribution in [0.1, 0.15) is 18.5 Å². The SMILES string of the molecule is COCCCC(Nc1cc(C)nc2ncnn12)C(=O)O. The van der Waals surface area contributed by atoms with Crippen LogP contribution in [0.15, 0.2) is 12.4 Å². The minimum Gasteiger partial charge on any atom is -0.480 e. The van der Waals surface area contributed by atoms with E-state index in [0.29, 0.717) is 31.0 Å². The number of ether oxygens (including phenoxy) is 1. The van der Waals surface area contributed by atoms with Crippen molar-refractivity contribution in [2.24, 2.45) is 0 Å². The number of hydrogen-bond donors (Lipinski definition) is 2. The Kier molecular flexibility index (Phi) is 4.46. The van der Waals surface area contributed by atoms with Crippen molar-refractivity contribution in [3.05, 3.63) is 18.1 Å². The summed E-state index contributed by atoms with van der Waals surface area (Å²) in [6.07, 6.45) is 2.50. The first-order valence-electron chi connectivity index (χ1n) is 6.27. The van der Waals surface area contributed by atoms with Gasteiger partial charge in [0.05, 0.1) is 0 Å². The maximum absolute atomic E-state index is 11.3. The fraction of sp³-hybridized carbons (Fsp3) is 0.500. The number of nitrogens with zero attached hydrogens (tertiary/aromatic N) is 4. The first kappa shape index (κ1) is 14.2. The van der Waals surface area contributed by atoms with E-state index < -0.39 is 12.0 Å². The Morgan fingerprint density at radius 2 is 2.40 bits per heavy atom. The van der Waals surface area contributed by atoms with Crippen LogP contribution in [0.5, 0.6) is 0 Å².